The van der Waals surface area contributed by atoms with Gasteiger partial charge in [0.25, 0.3) is 0 Å². The fourth-order valence-electron chi connectivity index (χ4n) is 2.17. The van der Waals surface area contributed by atoms with E-state index in [1.165, 1.54) is 4.31 Å². The lowest BCUT2D eigenvalue weighted by Gasteiger charge is -2.15. The van der Waals surface area contributed by atoms with Gasteiger partial charge in [0, 0.05) is 26.2 Å². The van der Waals surface area contributed by atoms with Crippen LogP contribution >= 0.6 is 0 Å². The number of aromatic nitrogens is 2. The SMILES string of the molecule is C=CCN(C)S(=O)(=O)c1c(C)nn(CCNC(C)C)c1C. The van der Waals surface area contributed by atoms with E-state index in [1.54, 1.807) is 31.7 Å². The summed E-state index contributed by atoms with van der Waals surface area (Å²) in [5.41, 5.74) is 1.21. The molecule has 0 aromatic carbocycles. The van der Waals surface area contributed by atoms with Crippen LogP contribution in [0.15, 0.2) is 17.6 Å². The highest BCUT2D eigenvalue weighted by molar-refractivity contribution is 7.89. The number of aryl methyl sites for hydroxylation is 1. The van der Waals surface area contributed by atoms with Crippen LogP contribution in [0.3, 0.4) is 0 Å². The van der Waals surface area contributed by atoms with Crippen LogP contribution in [0.5, 0.6) is 0 Å². The Labute approximate surface area is 127 Å². The lowest BCUT2D eigenvalue weighted by molar-refractivity contribution is 0.495. The predicted octanol–water partition coefficient (Wildman–Crippen LogP) is 1.30. The molecule has 1 N–H and O–H groups in total. The van der Waals surface area contributed by atoms with Gasteiger partial charge in [-0.25, -0.2) is 8.42 Å². The van der Waals surface area contributed by atoms with Gasteiger partial charge >= 0.3 is 0 Å². The van der Waals surface area contributed by atoms with Crippen LogP contribution < -0.4 is 5.32 Å². The molecule has 0 radical (unpaired) electrons. The Balaban J connectivity index is 3.04. The zero-order chi connectivity index (χ0) is 16.2. The Morgan fingerprint density at radius 3 is 2.57 bits per heavy atom. The lowest BCUT2D eigenvalue weighted by Crippen LogP contribution is -2.28. The fourth-order valence-corrected chi connectivity index (χ4v) is 3.67. The number of nitrogens with zero attached hydrogens (tertiary/aromatic N) is 3. The maximum Gasteiger partial charge on any atom is 0.246 e. The second kappa shape index (κ2) is 7.20. The molecule has 0 unspecified atom stereocenters. The van der Waals surface area contributed by atoms with E-state index in [1.807, 2.05) is 0 Å². The third-order valence-corrected chi connectivity index (χ3v) is 5.32. The van der Waals surface area contributed by atoms with Crippen molar-refractivity contribution in [2.45, 2.75) is 45.2 Å². The molecular weight excluding hydrogens is 288 g/mol. The lowest BCUT2D eigenvalue weighted by atomic mass is 10.4. The molecule has 7 heteroatoms. The molecule has 21 heavy (non-hydrogen) atoms. The van der Waals surface area contributed by atoms with Crippen molar-refractivity contribution in [2.24, 2.45) is 0 Å². The van der Waals surface area contributed by atoms with Gasteiger partial charge < -0.3 is 5.32 Å². The molecule has 1 rings (SSSR count). The van der Waals surface area contributed by atoms with Gasteiger partial charge in [0.05, 0.1) is 17.9 Å². The molecule has 0 atom stereocenters. The molecule has 0 amide bonds. The summed E-state index contributed by atoms with van der Waals surface area (Å²) in [6, 6.07) is 0.392. The van der Waals surface area contributed by atoms with Crippen molar-refractivity contribution in [3.8, 4) is 0 Å². The maximum atomic E-state index is 12.6. The van der Waals surface area contributed by atoms with E-state index in [0.717, 1.165) is 6.54 Å². The standard InChI is InChI=1S/C14H26N4O2S/c1-7-9-17(6)21(19,20)14-12(4)16-18(13(14)5)10-8-15-11(2)3/h7,11,15H,1,8-10H2,2-6H3. The largest absolute Gasteiger partial charge is 0.313 e. The normalized spacial score (nSPS) is 12.3. The summed E-state index contributed by atoms with van der Waals surface area (Å²) in [6.07, 6.45) is 1.57. The molecule has 0 aliphatic rings. The second-order valence-corrected chi connectivity index (χ2v) is 7.39. The van der Waals surface area contributed by atoms with Gasteiger partial charge in [0.15, 0.2) is 0 Å². The number of hydrogen-bond acceptors (Lipinski definition) is 4. The molecule has 0 bridgehead atoms. The molecule has 6 nitrogen and oxygen atoms in total. The number of rotatable bonds is 8. The number of sulfonamides is 1. The van der Waals surface area contributed by atoms with Gasteiger partial charge in [-0.15, -0.1) is 6.58 Å². The van der Waals surface area contributed by atoms with Crippen LogP contribution in [0.25, 0.3) is 0 Å². The summed E-state index contributed by atoms with van der Waals surface area (Å²) in [5, 5.41) is 7.66. The number of nitrogens with one attached hydrogen (secondary N) is 1. The fraction of sp³-hybridized carbons (Fsp3) is 0.643. The van der Waals surface area contributed by atoms with Crippen LogP contribution in [0, 0.1) is 13.8 Å². The second-order valence-electron chi connectivity index (χ2n) is 5.41. The van der Waals surface area contributed by atoms with Crippen LogP contribution in [0.2, 0.25) is 0 Å². The van der Waals surface area contributed by atoms with Crippen molar-refractivity contribution < 1.29 is 8.42 Å². The average Bonchev–Trinajstić information content (AvgIpc) is 2.64. The summed E-state index contributed by atoms with van der Waals surface area (Å²) in [5.74, 6) is 0. The smallest absolute Gasteiger partial charge is 0.246 e. The highest BCUT2D eigenvalue weighted by Gasteiger charge is 2.27. The molecule has 0 saturated carbocycles. The molecule has 0 saturated heterocycles. The zero-order valence-corrected chi connectivity index (χ0v) is 14.4. The van der Waals surface area contributed by atoms with Gasteiger partial charge in [-0.3, -0.25) is 4.68 Å². The summed E-state index contributed by atoms with van der Waals surface area (Å²) in [6.45, 7) is 12.9. The highest BCUT2D eigenvalue weighted by atomic mass is 32.2. The van der Waals surface area contributed by atoms with Gasteiger partial charge in [0.1, 0.15) is 4.90 Å². The quantitative estimate of drug-likeness (QED) is 0.735. The topological polar surface area (TPSA) is 67.2 Å². The number of hydrogen-bond donors (Lipinski definition) is 1. The first-order valence-corrected chi connectivity index (χ1v) is 8.50. The minimum Gasteiger partial charge on any atom is -0.313 e. The van der Waals surface area contributed by atoms with Gasteiger partial charge in [-0.1, -0.05) is 19.9 Å². The molecule has 1 heterocycles. The first-order chi connectivity index (χ1) is 9.71. The molecule has 1 aromatic heterocycles. The third kappa shape index (κ3) is 4.15. The number of likely N-dealkylation sites (N-methyl/N-ethyl adjacent to an activating group) is 1. The van der Waals surface area contributed by atoms with Crippen molar-refractivity contribution in [3.63, 3.8) is 0 Å². The first kappa shape index (κ1) is 17.9. The van der Waals surface area contributed by atoms with E-state index in [-0.39, 0.29) is 6.54 Å². The predicted molar refractivity (Wildman–Crippen MR) is 84.9 cm³/mol. The van der Waals surface area contributed by atoms with Crippen molar-refractivity contribution in [1.82, 2.24) is 19.4 Å². The van der Waals surface area contributed by atoms with E-state index in [2.05, 4.69) is 30.8 Å². The molecule has 0 aliphatic carbocycles. The van der Waals surface area contributed by atoms with E-state index in [9.17, 15) is 8.42 Å². The van der Waals surface area contributed by atoms with Crippen LogP contribution in [-0.2, 0) is 16.6 Å². The third-order valence-electron chi connectivity index (χ3n) is 3.25. The Morgan fingerprint density at radius 2 is 2.05 bits per heavy atom. The molecule has 0 fully saturated rings. The average molecular weight is 314 g/mol. The summed E-state index contributed by atoms with van der Waals surface area (Å²) < 4.78 is 28.2. The summed E-state index contributed by atoms with van der Waals surface area (Å²) in [4.78, 5) is 0.302. The minimum atomic E-state index is -3.52. The van der Waals surface area contributed by atoms with Crippen molar-refractivity contribution in [3.05, 3.63) is 24.0 Å². The monoisotopic (exact) mass is 314 g/mol. The molecule has 0 spiro atoms. The Morgan fingerprint density at radius 1 is 1.43 bits per heavy atom. The van der Waals surface area contributed by atoms with Crippen molar-refractivity contribution in [2.75, 3.05) is 20.1 Å². The molecule has 0 aliphatic heterocycles. The Hall–Kier alpha value is -1.18. The maximum absolute atomic E-state index is 12.6. The molecule has 1 aromatic rings. The van der Waals surface area contributed by atoms with Crippen molar-refractivity contribution in [1.29, 1.82) is 0 Å². The first-order valence-electron chi connectivity index (χ1n) is 7.06. The van der Waals surface area contributed by atoms with E-state index >= 15 is 0 Å². The van der Waals surface area contributed by atoms with Crippen LogP contribution in [-0.4, -0.2) is 48.7 Å². The summed E-state index contributed by atoms with van der Waals surface area (Å²) >= 11 is 0. The highest BCUT2D eigenvalue weighted by Crippen LogP contribution is 2.22. The van der Waals surface area contributed by atoms with E-state index in [0.29, 0.717) is 28.9 Å². The summed E-state index contributed by atoms with van der Waals surface area (Å²) in [7, 11) is -1.98. The van der Waals surface area contributed by atoms with Crippen molar-refractivity contribution >= 4 is 10.0 Å². The van der Waals surface area contributed by atoms with Gasteiger partial charge in [0.2, 0.25) is 10.0 Å². The van der Waals surface area contributed by atoms with Gasteiger partial charge in [-0.2, -0.15) is 9.40 Å². The van der Waals surface area contributed by atoms with Crippen LogP contribution in [0.1, 0.15) is 25.2 Å². The minimum absolute atomic E-state index is 0.279. The zero-order valence-electron chi connectivity index (χ0n) is 13.5. The van der Waals surface area contributed by atoms with Crippen LogP contribution in [0.4, 0.5) is 0 Å². The van der Waals surface area contributed by atoms with Gasteiger partial charge in [-0.05, 0) is 13.8 Å². The van der Waals surface area contributed by atoms with E-state index in [4.69, 9.17) is 0 Å². The molecule has 120 valence electrons. The van der Waals surface area contributed by atoms with E-state index < -0.39 is 10.0 Å². The Kier molecular flexibility index (Phi) is 6.12. The molecular formula is C14H26N4O2S. The Bertz CT molecular complexity index is 590.